The van der Waals surface area contributed by atoms with Crippen LogP contribution in [0.4, 0.5) is 0 Å². The molecular formula is C27H31NO4S. The van der Waals surface area contributed by atoms with Crippen LogP contribution in [0.25, 0.3) is 0 Å². The number of hydrogen-bond acceptors (Lipinski definition) is 4. The van der Waals surface area contributed by atoms with E-state index in [0.717, 1.165) is 22.3 Å². The zero-order valence-electron chi connectivity index (χ0n) is 19.6. The smallest absolute Gasteiger partial charge is 0.243 e. The maximum Gasteiger partial charge on any atom is 0.243 e. The fourth-order valence-corrected chi connectivity index (χ4v) is 6.40. The third kappa shape index (κ3) is 4.63. The Morgan fingerprint density at radius 1 is 0.939 bits per heavy atom. The highest BCUT2D eigenvalue weighted by Gasteiger charge is 2.38. The highest BCUT2D eigenvalue weighted by molar-refractivity contribution is 7.89. The minimum Gasteiger partial charge on any atom is -0.493 e. The molecule has 0 saturated carbocycles. The molecule has 174 valence electrons. The van der Waals surface area contributed by atoms with Gasteiger partial charge in [0.1, 0.15) is 0 Å². The van der Waals surface area contributed by atoms with Crippen LogP contribution in [0.5, 0.6) is 11.5 Å². The van der Waals surface area contributed by atoms with Gasteiger partial charge in [0.15, 0.2) is 11.5 Å². The Morgan fingerprint density at radius 2 is 1.58 bits per heavy atom. The average molecular weight is 466 g/mol. The van der Waals surface area contributed by atoms with Crippen molar-refractivity contribution in [2.75, 3.05) is 20.8 Å². The van der Waals surface area contributed by atoms with E-state index in [1.54, 1.807) is 30.7 Å². The van der Waals surface area contributed by atoms with Crippen molar-refractivity contribution in [2.45, 2.75) is 43.5 Å². The summed E-state index contributed by atoms with van der Waals surface area (Å²) in [6.45, 7) is 4.47. The van der Waals surface area contributed by atoms with Crippen molar-refractivity contribution in [3.8, 4) is 11.5 Å². The first-order valence-electron chi connectivity index (χ1n) is 11.2. The lowest BCUT2D eigenvalue weighted by Gasteiger charge is -2.33. The van der Waals surface area contributed by atoms with Crippen LogP contribution in [0.2, 0.25) is 0 Å². The van der Waals surface area contributed by atoms with Crippen molar-refractivity contribution >= 4 is 10.0 Å². The number of methoxy groups -OCH3 is 2. The van der Waals surface area contributed by atoms with Crippen LogP contribution < -0.4 is 9.47 Å². The molecule has 3 aromatic rings. The maximum absolute atomic E-state index is 13.9. The molecule has 0 fully saturated rings. The lowest BCUT2D eigenvalue weighted by Crippen LogP contribution is -2.44. The van der Waals surface area contributed by atoms with E-state index >= 15 is 0 Å². The van der Waals surface area contributed by atoms with Crippen LogP contribution in [-0.4, -0.2) is 39.5 Å². The SMILES string of the molecule is COc1cc2c(cc1OC)[C@@H](C)[C@H](Cc1ccccc1)N(S(=O)(=O)c1ccc(C)cc1)CC2. The summed E-state index contributed by atoms with van der Waals surface area (Å²) in [6, 6.07) is 21.0. The van der Waals surface area contributed by atoms with Crippen molar-refractivity contribution in [3.05, 3.63) is 89.0 Å². The lowest BCUT2D eigenvalue weighted by molar-refractivity contribution is 0.296. The van der Waals surface area contributed by atoms with Gasteiger partial charge >= 0.3 is 0 Å². The standard InChI is InChI=1S/C27H31NO4S/c1-19-10-12-23(13-11-19)33(29,30)28-15-14-22-17-26(31-3)27(32-4)18-24(22)20(2)25(28)16-21-8-6-5-7-9-21/h5-13,17-18,20,25H,14-16H2,1-4H3/t20-,25+/m1/s1. The van der Waals surface area contributed by atoms with Gasteiger partial charge in [-0.3, -0.25) is 0 Å². The van der Waals surface area contributed by atoms with Gasteiger partial charge in [-0.2, -0.15) is 4.31 Å². The van der Waals surface area contributed by atoms with Gasteiger partial charge in [-0.1, -0.05) is 55.0 Å². The van der Waals surface area contributed by atoms with Gasteiger partial charge in [0.05, 0.1) is 19.1 Å². The highest BCUT2D eigenvalue weighted by atomic mass is 32.2. The molecule has 5 nitrogen and oxygen atoms in total. The summed E-state index contributed by atoms with van der Waals surface area (Å²) in [4.78, 5) is 0.333. The number of fused-ring (bicyclic) bond motifs is 1. The first-order valence-corrected chi connectivity index (χ1v) is 12.7. The van der Waals surface area contributed by atoms with Gasteiger partial charge in [0, 0.05) is 12.6 Å². The fraction of sp³-hybridized carbons (Fsp3) is 0.333. The second kappa shape index (κ2) is 9.57. The Hall–Kier alpha value is -2.83. The summed E-state index contributed by atoms with van der Waals surface area (Å²) < 4.78 is 40.5. The summed E-state index contributed by atoms with van der Waals surface area (Å²) >= 11 is 0. The van der Waals surface area contributed by atoms with E-state index in [1.165, 1.54) is 0 Å². The van der Waals surface area contributed by atoms with E-state index in [-0.39, 0.29) is 12.0 Å². The van der Waals surface area contributed by atoms with Crippen LogP contribution in [0.3, 0.4) is 0 Å². The molecule has 0 aromatic heterocycles. The molecule has 0 bridgehead atoms. The molecule has 33 heavy (non-hydrogen) atoms. The van der Waals surface area contributed by atoms with Gasteiger partial charge in [-0.15, -0.1) is 0 Å². The lowest BCUT2D eigenvalue weighted by atomic mass is 9.87. The summed E-state index contributed by atoms with van der Waals surface area (Å²) in [5.74, 6) is 1.29. The molecule has 3 aromatic carbocycles. The molecule has 1 aliphatic rings. The minimum absolute atomic E-state index is 0.0391. The van der Waals surface area contributed by atoms with Crippen molar-refractivity contribution in [2.24, 2.45) is 0 Å². The Morgan fingerprint density at radius 3 is 2.21 bits per heavy atom. The van der Waals surface area contributed by atoms with Gasteiger partial charge in [-0.05, 0) is 66.6 Å². The minimum atomic E-state index is -3.68. The van der Waals surface area contributed by atoms with E-state index in [0.29, 0.717) is 35.8 Å². The van der Waals surface area contributed by atoms with Crippen LogP contribution >= 0.6 is 0 Å². The predicted molar refractivity (Wildman–Crippen MR) is 131 cm³/mol. The van der Waals surface area contributed by atoms with Gasteiger partial charge in [-0.25, -0.2) is 8.42 Å². The molecule has 0 amide bonds. The van der Waals surface area contributed by atoms with E-state index in [2.05, 4.69) is 19.1 Å². The zero-order valence-corrected chi connectivity index (χ0v) is 20.4. The molecule has 0 unspecified atom stereocenters. The van der Waals surface area contributed by atoms with Crippen molar-refractivity contribution < 1.29 is 17.9 Å². The largest absolute Gasteiger partial charge is 0.493 e. The van der Waals surface area contributed by atoms with Crippen molar-refractivity contribution in [1.29, 1.82) is 0 Å². The molecular weight excluding hydrogens is 434 g/mol. The second-order valence-corrected chi connectivity index (χ2v) is 10.5. The number of aryl methyl sites for hydroxylation is 1. The molecule has 4 rings (SSSR count). The monoisotopic (exact) mass is 465 g/mol. The van der Waals surface area contributed by atoms with E-state index in [4.69, 9.17) is 9.47 Å². The normalized spacial score (nSPS) is 18.9. The molecule has 0 saturated heterocycles. The third-order valence-corrected chi connectivity index (χ3v) is 8.54. The molecule has 1 aliphatic heterocycles. The Kier molecular flexibility index (Phi) is 6.77. The number of benzene rings is 3. The predicted octanol–water partition coefficient (Wildman–Crippen LogP) is 4.97. The number of ether oxygens (including phenoxy) is 2. The van der Waals surface area contributed by atoms with Crippen LogP contribution in [0.15, 0.2) is 71.6 Å². The van der Waals surface area contributed by atoms with E-state index in [9.17, 15) is 8.42 Å². The van der Waals surface area contributed by atoms with Crippen LogP contribution in [0.1, 0.15) is 35.1 Å². The summed E-state index contributed by atoms with van der Waals surface area (Å²) in [6.07, 6.45) is 1.23. The van der Waals surface area contributed by atoms with Crippen molar-refractivity contribution in [1.82, 2.24) is 4.31 Å². The number of sulfonamides is 1. The summed E-state index contributed by atoms with van der Waals surface area (Å²) in [5.41, 5.74) is 4.35. The molecule has 6 heteroatoms. The Bertz CT molecular complexity index is 1210. The Balaban J connectivity index is 1.82. The topological polar surface area (TPSA) is 55.8 Å². The molecule has 0 aliphatic carbocycles. The quantitative estimate of drug-likeness (QED) is 0.516. The first-order chi connectivity index (χ1) is 15.8. The third-order valence-electron chi connectivity index (χ3n) is 6.60. The molecule has 2 atom stereocenters. The van der Waals surface area contributed by atoms with Gasteiger partial charge < -0.3 is 9.47 Å². The Labute approximate surface area is 197 Å². The molecule has 0 N–H and O–H groups in total. The van der Waals surface area contributed by atoms with Crippen molar-refractivity contribution in [3.63, 3.8) is 0 Å². The highest BCUT2D eigenvalue weighted by Crippen LogP contribution is 2.40. The number of rotatable bonds is 6. The fourth-order valence-electron chi connectivity index (χ4n) is 4.71. The van der Waals surface area contributed by atoms with E-state index < -0.39 is 10.0 Å². The maximum atomic E-state index is 13.9. The van der Waals surface area contributed by atoms with Crippen LogP contribution in [0, 0.1) is 6.92 Å². The number of hydrogen-bond donors (Lipinski definition) is 0. The van der Waals surface area contributed by atoms with Crippen LogP contribution in [-0.2, 0) is 22.9 Å². The summed E-state index contributed by atoms with van der Waals surface area (Å²) in [5, 5.41) is 0. The molecule has 0 radical (unpaired) electrons. The number of nitrogens with zero attached hydrogens (tertiary/aromatic N) is 1. The molecule has 0 spiro atoms. The second-order valence-electron chi connectivity index (χ2n) is 8.63. The van der Waals surface area contributed by atoms with Gasteiger partial charge in [0.25, 0.3) is 0 Å². The van der Waals surface area contributed by atoms with E-state index in [1.807, 2.05) is 49.4 Å². The average Bonchev–Trinajstić information content (AvgIpc) is 2.96. The zero-order chi connectivity index (χ0) is 23.6. The summed E-state index contributed by atoms with van der Waals surface area (Å²) in [7, 11) is -0.435. The molecule has 1 heterocycles. The first kappa shape index (κ1) is 23.3. The van der Waals surface area contributed by atoms with Gasteiger partial charge in [0.2, 0.25) is 10.0 Å².